The predicted octanol–water partition coefficient (Wildman–Crippen LogP) is 0.901. The van der Waals surface area contributed by atoms with Crippen LogP contribution in [0.1, 0.15) is 34.4 Å². The number of hydrogen-bond donors (Lipinski definition) is 2. The number of nitrogens with zero attached hydrogens (tertiary/aromatic N) is 5. The summed E-state index contributed by atoms with van der Waals surface area (Å²) in [6.07, 6.45) is 3.52. The van der Waals surface area contributed by atoms with Crippen LogP contribution in [-0.4, -0.2) is 49.9 Å². The Kier molecular flexibility index (Phi) is 8.34. The molecular formula is C15H25Cl2N7O. The van der Waals surface area contributed by atoms with Crippen LogP contribution >= 0.6 is 24.8 Å². The van der Waals surface area contributed by atoms with Gasteiger partial charge in [0.05, 0.1) is 0 Å². The highest BCUT2D eigenvalue weighted by Crippen LogP contribution is 2.06. The molecule has 1 aliphatic rings. The molecule has 2 aromatic rings. The summed E-state index contributed by atoms with van der Waals surface area (Å²) in [6, 6.07) is 0. The van der Waals surface area contributed by atoms with Crippen molar-refractivity contribution in [2.45, 2.75) is 39.8 Å². The minimum atomic E-state index is -0.106. The molecule has 0 aromatic carbocycles. The van der Waals surface area contributed by atoms with E-state index in [0.717, 1.165) is 56.5 Å². The zero-order valence-electron chi connectivity index (χ0n) is 14.5. The molecule has 0 spiro atoms. The van der Waals surface area contributed by atoms with Gasteiger partial charge >= 0.3 is 0 Å². The molecule has 140 valence electrons. The van der Waals surface area contributed by atoms with Crippen LogP contribution in [0.2, 0.25) is 0 Å². The summed E-state index contributed by atoms with van der Waals surface area (Å²) in [4.78, 5) is 20.9. The van der Waals surface area contributed by atoms with Gasteiger partial charge in [-0.1, -0.05) is 0 Å². The van der Waals surface area contributed by atoms with Crippen molar-refractivity contribution in [2.75, 3.05) is 19.6 Å². The summed E-state index contributed by atoms with van der Waals surface area (Å²) in [5.74, 6) is 2.56. The summed E-state index contributed by atoms with van der Waals surface area (Å²) in [5, 5.41) is 10.6. The Bertz CT molecular complexity index is 675. The normalized spacial score (nSPS) is 13.2. The van der Waals surface area contributed by atoms with E-state index in [0.29, 0.717) is 12.2 Å². The second-order valence-electron chi connectivity index (χ2n) is 5.77. The van der Waals surface area contributed by atoms with Crippen LogP contribution in [0.3, 0.4) is 0 Å². The molecule has 1 amide bonds. The highest BCUT2D eigenvalue weighted by atomic mass is 35.5. The Morgan fingerprint density at radius 3 is 2.80 bits per heavy atom. The van der Waals surface area contributed by atoms with Gasteiger partial charge in [0, 0.05) is 45.3 Å². The van der Waals surface area contributed by atoms with E-state index in [1.807, 2.05) is 24.7 Å². The SMILES string of the molecule is Cc1nc(C)n(CCCNC(=O)c2cn3c(n2)CCNCC3)n1.Cl.Cl. The molecule has 25 heavy (non-hydrogen) atoms. The van der Waals surface area contributed by atoms with Crippen molar-refractivity contribution < 1.29 is 4.79 Å². The van der Waals surface area contributed by atoms with Gasteiger partial charge in [0.15, 0.2) is 0 Å². The third-order valence-corrected chi connectivity index (χ3v) is 3.94. The highest BCUT2D eigenvalue weighted by molar-refractivity contribution is 5.92. The summed E-state index contributed by atoms with van der Waals surface area (Å²) in [5.41, 5.74) is 0.509. The number of amides is 1. The van der Waals surface area contributed by atoms with Crippen molar-refractivity contribution in [3.8, 4) is 0 Å². The highest BCUT2D eigenvalue weighted by Gasteiger charge is 2.15. The van der Waals surface area contributed by atoms with E-state index in [9.17, 15) is 4.79 Å². The van der Waals surface area contributed by atoms with E-state index in [-0.39, 0.29) is 30.7 Å². The number of carbonyl (C=O) groups excluding carboxylic acids is 1. The molecule has 0 radical (unpaired) electrons. The van der Waals surface area contributed by atoms with E-state index in [2.05, 4.69) is 30.3 Å². The largest absolute Gasteiger partial charge is 0.351 e. The fraction of sp³-hybridized carbons (Fsp3) is 0.600. The Labute approximate surface area is 159 Å². The maximum atomic E-state index is 12.2. The Balaban J connectivity index is 0.00000156. The summed E-state index contributed by atoms with van der Waals surface area (Å²) >= 11 is 0. The molecular weight excluding hydrogens is 365 g/mol. The van der Waals surface area contributed by atoms with Crippen molar-refractivity contribution >= 4 is 30.7 Å². The summed E-state index contributed by atoms with van der Waals surface area (Å²) in [7, 11) is 0. The molecule has 1 aliphatic heterocycles. The van der Waals surface area contributed by atoms with Gasteiger partial charge in [0.1, 0.15) is 23.2 Å². The smallest absolute Gasteiger partial charge is 0.271 e. The van der Waals surface area contributed by atoms with Crippen molar-refractivity contribution in [3.05, 3.63) is 29.4 Å². The van der Waals surface area contributed by atoms with Crippen molar-refractivity contribution in [3.63, 3.8) is 0 Å². The number of imidazole rings is 1. The third-order valence-electron chi connectivity index (χ3n) is 3.94. The average Bonchev–Trinajstić information content (AvgIpc) is 2.99. The second kappa shape index (κ2) is 9.74. The van der Waals surface area contributed by atoms with Crippen LogP contribution in [0, 0.1) is 13.8 Å². The molecule has 2 N–H and O–H groups in total. The molecule has 0 fully saturated rings. The van der Waals surface area contributed by atoms with Crippen LogP contribution in [0.15, 0.2) is 6.20 Å². The standard InChI is InChI=1S/C15H23N7O.2ClH/c1-11-18-12(2)22(20-11)8-3-5-17-15(23)13-10-21-9-7-16-6-4-14(21)19-13;;/h10,16H,3-9H2,1-2H3,(H,17,23);2*1H. The lowest BCUT2D eigenvalue weighted by Gasteiger charge is -2.04. The number of aryl methyl sites for hydroxylation is 3. The number of fused-ring (bicyclic) bond motifs is 1. The van der Waals surface area contributed by atoms with Gasteiger partial charge in [-0.15, -0.1) is 24.8 Å². The first-order valence-electron chi connectivity index (χ1n) is 8.06. The van der Waals surface area contributed by atoms with Crippen LogP contribution in [0.4, 0.5) is 0 Å². The Morgan fingerprint density at radius 2 is 2.08 bits per heavy atom. The molecule has 0 saturated heterocycles. The zero-order chi connectivity index (χ0) is 16.2. The summed E-state index contributed by atoms with van der Waals surface area (Å²) < 4.78 is 3.93. The molecule has 0 atom stereocenters. The topological polar surface area (TPSA) is 89.7 Å². The van der Waals surface area contributed by atoms with Gasteiger partial charge in [-0.05, 0) is 20.3 Å². The molecule has 0 bridgehead atoms. The Hall–Kier alpha value is -1.64. The number of rotatable bonds is 5. The Morgan fingerprint density at radius 1 is 1.28 bits per heavy atom. The van der Waals surface area contributed by atoms with Crippen molar-refractivity contribution in [2.24, 2.45) is 0 Å². The number of halogens is 2. The molecule has 0 aliphatic carbocycles. The first-order valence-corrected chi connectivity index (χ1v) is 8.06. The maximum Gasteiger partial charge on any atom is 0.271 e. The second-order valence-corrected chi connectivity index (χ2v) is 5.77. The molecule has 2 aromatic heterocycles. The number of aromatic nitrogens is 5. The van der Waals surface area contributed by atoms with Gasteiger partial charge in [-0.25, -0.2) is 9.97 Å². The van der Waals surface area contributed by atoms with Gasteiger partial charge < -0.3 is 15.2 Å². The van der Waals surface area contributed by atoms with Crippen LogP contribution in [0.25, 0.3) is 0 Å². The van der Waals surface area contributed by atoms with E-state index < -0.39 is 0 Å². The minimum Gasteiger partial charge on any atom is -0.351 e. The molecule has 8 nitrogen and oxygen atoms in total. The zero-order valence-corrected chi connectivity index (χ0v) is 16.1. The third kappa shape index (κ3) is 5.42. The maximum absolute atomic E-state index is 12.2. The van der Waals surface area contributed by atoms with Crippen LogP contribution in [0.5, 0.6) is 0 Å². The lowest BCUT2D eigenvalue weighted by molar-refractivity contribution is 0.0948. The number of nitrogens with one attached hydrogen (secondary N) is 2. The lowest BCUT2D eigenvalue weighted by Crippen LogP contribution is -2.26. The minimum absolute atomic E-state index is 0. The van der Waals surface area contributed by atoms with Crippen molar-refractivity contribution in [1.29, 1.82) is 0 Å². The lowest BCUT2D eigenvalue weighted by atomic mass is 10.3. The number of carbonyl (C=O) groups is 1. The number of hydrogen-bond acceptors (Lipinski definition) is 5. The molecule has 3 heterocycles. The van der Waals surface area contributed by atoms with E-state index >= 15 is 0 Å². The first-order chi connectivity index (χ1) is 11.1. The molecule has 3 rings (SSSR count). The monoisotopic (exact) mass is 389 g/mol. The fourth-order valence-corrected chi connectivity index (χ4v) is 2.78. The first kappa shape index (κ1) is 21.4. The quantitative estimate of drug-likeness (QED) is 0.741. The van der Waals surface area contributed by atoms with Gasteiger partial charge in [-0.3, -0.25) is 9.48 Å². The van der Waals surface area contributed by atoms with Crippen molar-refractivity contribution in [1.82, 2.24) is 34.9 Å². The van der Waals surface area contributed by atoms with Gasteiger partial charge in [0.25, 0.3) is 5.91 Å². The average molecular weight is 390 g/mol. The van der Waals surface area contributed by atoms with E-state index in [4.69, 9.17) is 0 Å². The summed E-state index contributed by atoms with van der Waals surface area (Å²) in [6.45, 7) is 7.85. The predicted molar refractivity (Wildman–Crippen MR) is 99.7 cm³/mol. The molecule has 0 saturated carbocycles. The molecule has 10 heteroatoms. The fourth-order valence-electron chi connectivity index (χ4n) is 2.78. The van der Waals surface area contributed by atoms with Crippen LogP contribution in [-0.2, 0) is 19.5 Å². The van der Waals surface area contributed by atoms with E-state index in [1.54, 1.807) is 0 Å². The molecule has 0 unspecified atom stereocenters. The van der Waals surface area contributed by atoms with Gasteiger partial charge in [-0.2, -0.15) is 5.10 Å². The van der Waals surface area contributed by atoms with Gasteiger partial charge in [0.2, 0.25) is 0 Å². The van der Waals surface area contributed by atoms with E-state index in [1.165, 1.54) is 0 Å². The van der Waals surface area contributed by atoms with Crippen LogP contribution < -0.4 is 10.6 Å².